The Kier molecular flexibility index (Phi) is 4.24. The number of halogens is 1. The maximum absolute atomic E-state index is 6.14. The lowest BCUT2D eigenvalue weighted by Gasteiger charge is -2.12. The average molecular weight is 262 g/mol. The number of benzene rings is 2. The molecule has 3 heteroatoms. The molecule has 0 saturated heterocycles. The zero-order valence-electron chi connectivity index (χ0n) is 10.3. The van der Waals surface area contributed by atoms with Crippen molar-refractivity contribution < 1.29 is 4.74 Å². The van der Waals surface area contributed by atoms with Crippen molar-refractivity contribution in [1.82, 2.24) is 0 Å². The minimum absolute atomic E-state index is 0.406. The van der Waals surface area contributed by atoms with E-state index in [1.165, 1.54) is 5.56 Å². The van der Waals surface area contributed by atoms with Gasteiger partial charge in [0.25, 0.3) is 0 Å². The lowest BCUT2D eigenvalue weighted by Crippen LogP contribution is -1.99. The van der Waals surface area contributed by atoms with Crippen molar-refractivity contribution >= 4 is 11.6 Å². The fourth-order valence-electron chi connectivity index (χ4n) is 1.74. The SMILES string of the molecule is CCc1ccc(Oc2c(Cl)cccc2CN)cc1. The number of ether oxygens (including phenoxy) is 1. The fourth-order valence-corrected chi connectivity index (χ4v) is 1.97. The van der Waals surface area contributed by atoms with Crippen LogP contribution in [0.25, 0.3) is 0 Å². The van der Waals surface area contributed by atoms with E-state index in [-0.39, 0.29) is 0 Å². The molecule has 0 amide bonds. The van der Waals surface area contributed by atoms with Gasteiger partial charge in [-0.05, 0) is 30.2 Å². The molecule has 0 aromatic heterocycles. The second-order valence-electron chi connectivity index (χ2n) is 4.03. The Hall–Kier alpha value is -1.51. The van der Waals surface area contributed by atoms with Crippen molar-refractivity contribution in [2.45, 2.75) is 19.9 Å². The first kappa shape index (κ1) is 12.9. The summed E-state index contributed by atoms with van der Waals surface area (Å²) < 4.78 is 5.82. The van der Waals surface area contributed by atoms with Crippen LogP contribution in [0.3, 0.4) is 0 Å². The van der Waals surface area contributed by atoms with Crippen molar-refractivity contribution in [2.24, 2.45) is 5.73 Å². The van der Waals surface area contributed by atoms with Crippen LogP contribution in [0.4, 0.5) is 0 Å². The molecule has 2 nitrogen and oxygen atoms in total. The summed E-state index contributed by atoms with van der Waals surface area (Å²) in [7, 11) is 0. The van der Waals surface area contributed by atoms with Gasteiger partial charge >= 0.3 is 0 Å². The van der Waals surface area contributed by atoms with Gasteiger partial charge in [-0.2, -0.15) is 0 Å². The van der Waals surface area contributed by atoms with Gasteiger partial charge < -0.3 is 10.5 Å². The van der Waals surface area contributed by atoms with E-state index in [4.69, 9.17) is 22.1 Å². The van der Waals surface area contributed by atoms with Gasteiger partial charge in [0.15, 0.2) is 0 Å². The minimum Gasteiger partial charge on any atom is -0.455 e. The molecule has 2 aromatic rings. The van der Waals surface area contributed by atoms with Gasteiger partial charge in [0.1, 0.15) is 11.5 Å². The zero-order chi connectivity index (χ0) is 13.0. The van der Waals surface area contributed by atoms with Gasteiger partial charge in [0, 0.05) is 12.1 Å². The Morgan fingerprint density at radius 2 is 1.83 bits per heavy atom. The highest BCUT2D eigenvalue weighted by molar-refractivity contribution is 6.32. The summed E-state index contributed by atoms with van der Waals surface area (Å²) in [6, 6.07) is 13.6. The van der Waals surface area contributed by atoms with Crippen LogP contribution in [0.5, 0.6) is 11.5 Å². The molecule has 0 aliphatic heterocycles. The number of para-hydroxylation sites is 1. The molecule has 2 aromatic carbocycles. The molecule has 0 aliphatic carbocycles. The second kappa shape index (κ2) is 5.89. The van der Waals surface area contributed by atoms with Gasteiger partial charge in [-0.3, -0.25) is 0 Å². The number of rotatable bonds is 4. The quantitative estimate of drug-likeness (QED) is 0.897. The van der Waals surface area contributed by atoms with Crippen molar-refractivity contribution in [2.75, 3.05) is 0 Å². The van der Waals surface area contributed by atoms with E-state index in [1.807, 2.05) is 36.4 Å². The Labute approximate surface area is 112 Å². The van der Waals surface area contributed by atoms with Gasteiger partial charge in [-0.1, -0.05) is 42.8 Å². The summed E-state index contributed by atoms with van der Waals surface area (Å²) >= 11 is 6.14. The summed E-state index contributed by atoms with van der Waals surface area (Å²) in [5, 5.41) is 0.581. The third kappa shape index (κ3) is 2.84. The highest BCUT2D eigenvalue weighted by Crippen LogP contribution is 2.32. The molecule has 0 unspecified atom stereocenters. The molecule has 0 aliphatic rings. The first-order valence-electron chi connectivity index (χ1n) is 5.99. The zero-order valence-corrected chi connectivity index (χ0v) is 11.1. The van der Waals surface area contributed by atoms with E-state index in [1.54, 1.807) is 6.07 Å². The predicted octanol–water partition coefficient (Wildman–Crippen LogP) is 4.15. The third-order valence-electron chi connectivity index (χ3n) is 2.82. The number of hydrogen-bond acceptors (Lipinski definition) is 2. The van der Waals surface area contributed by atoms with Crippen molar-refractivity contribution in [3.63, 3.8) is 0 Å². The molecule has 94 valence electrons. The van der Waals surface area contributed by atoms with Crippen LogP contribution in [0, 0.1) is 0 Å². The predicted molar refractivity (Wildman–Crippen MR) is 75.2 cm³/mol. The average Bonchev–Trinajstić information content (AvgIpc) is 2.42. The molecule has 2 rings (SSSR count). The van der Waals surface area contributed by atoms with E-state index in [0.29, 0.717) is 17.3 Å². The van der Waals surface area contributed by atoms with E-state index >= 15 is 0 Å². The van der Waals surface area contributed by atoms with Crippen LogP contribution in [0.15, 0.2) is 42.5 Å². The van der Waals surface area contributed by atoms with E-state index in [2.05, 4.69) is 6.92 Å². The Bertz CT molecular complexity index is 523. The lowest BCUT2D eigenvalue weighted by atomic mass is 10.1. The van der Waals surface area contributed by atoms with E-state index in [0.717, 1.165) is 17.7 Å². The topological polar surface area (TPSA) is 35.2 Å². The number of nitrogens with two attached hydrogens (primary N) is 1. The van der Waals surface area contributed by atoms with Crippen LogP contribution in [-0.4, -0.2) is 0 Å². The smallest absolute Gasteiger partial charge is 0.150 e. The van der Waals surface area contributed by atoms with Gasteiger partial charge in [-0.15, -0.1) is 0 Å². The second-order valence-corrected chi connectivity index (χ2v) is 4.44. The van der Waals surface area contributed by atoms with Crippen molar-refractivity contribution in [3.05, 3.63) is 58.6 Å². The summed E-state index contributed by atoms with van der Waals surface area (Å²) in [6.45, 7) is 2.53. The normalized spacial score (nSPS) is 10.4. The molecule has 18 heavy (non-hydrogen) atoms. The van der Waals surface area contributed by atoms with Gasteiger partial charge in [0.2, 0.25) is 0 Å². The first-order chi connectivity index (χ1) is 8.74. The maximum Gasteiger partial charge on any atom is 0.150 e. The molecule has 0 atom stereocenters. The van der Waals surface area contributed by atoms with Crippen LogP contribution in [0.2, 0.25) is 5.02 Å². The van der Waals surface area contributed by atoms with E-state index in [9.17, 15) is 0 Å². The van der Waals surface area contributed by atoms with Crippen LogP contribution in [0.1, 0.15) is 18.1 Å². The molecule has 0 bridgehead atoms. The maximum atomic E-state index is 6.14. The summed E-state index contributed by atoms with van der Waals surface area (Å²) in [6.07, 6.45) is 1.01. The van der Waals surface area contributed by atoms with Gasteiger partial charge in [0.05, 0.1) is 5.02 Å². The first-order valence-corrected chi connectivity index (χ1v) is 6.36. The Balaban J connectivity index is 2.27. The summed E-state index contributed by atoms with van der Waals surface area (Å²) in [5.41, 5.74) is 7.86. The monoisotopic (exact) mass is 261 g/mol. The molecule has 0 spiro atoms. The molecule has 0 heterocycles. The third-order valence-corrected chi connectivity index (χ3v) is 3.12. The van der Waals surface area contributed by atoms with Crippen molar-refractivity contribution in [1.29, 1.82) is 0 Å². The molecular formula is C15H16ClNO. The standard InChI is InChI=1S/C15H16ClNO/c1-2-11-6-8-13(9-7-11)18-15-12(10-17)4-3-5-14(15)16/h3-9H,2,10,17H2,1H3. The van der Waals surface area contributed by atoms with Crippen LogP contribution in [-0.2, 0) is 13.0 Å². The summed E-state index contributed by atoms with van der Waals surface area (Å²) in [4.78, 5) is 0. The molecular weight excluding hydrogens is 246 g/mol. The molecule has 0 radical (unpaired) electrons. The highest BCUT2D eigenvalue weighted by atomic mass is 35.5. The van der Waals surface area contributed by atoms with Gasteiger partial charge in [-0.25, -0.2) is 0 Å². The fraction of sp³-hybridized carbons (Fsp3) is 0.200. The molecule has 0 saturated carbocycles. The number of aryl methyl sites for hydroxylation is 1. The minimum atomic E-state index is 0.406. The van der Waals surface area contributed by atoms with Crippen molar-refractivity contribution in [3.8, 4) is 11.5 Å². The van der Waals surface area contributed by atoms with Crippen LogP contribution >= 0.6 is 11.6 Å². The van der Waals surface area contributed by atoms with Crippen LogP contribution < -0.4 is 10.5 Å². The molecule has 0 fully saturated rings. The Morgan fingerprint density at radius 1 is 1.11 bits per heavy atom. The summed E-state index contributed by atoms with van der Waals surface area (Å²) in [5.74, 6) is 1.42. The van der Waals surface area contributed by atoms with E-state index < -0.39 is 0 Å². The lowest BCUT2D eigenvalue weighted by molar-refractivity contribution is 0.476. The Morgan fingerprint density at radius 3 is 2.44 bits per heavy atom. The number of hydrogen-bond donors (Lipinski definition) is 1. The largest absolute Gasteiger partial charge is 0.455 e. The highest BCUT2D eigenvalue weighted by Gasteiger charge is 2.08. The molecule has 2 N–H and O–H groups in total.